The minimum atomic E-state index is 0.629. The van der Waals surface area contributed by atoms with Gasteiger partial charge in [0.15, 0.2) is 0 Å². The van der Waals surface area contributed by atoms with Gasteiger partial charge in [0.2, 0.25) is 0 Å². The molecule has 0 spiro atoms. The van der Waals surface area contributed by atoms with E-state index in [9.17, 15) is 0 Å². The molecule has 2 aliphatic rings. The predicted molar refractivity (Wildman–Crippen MR) is 72.4 cm³/mol. The van der Waals surface area contributed by atoms with E-state index in [1.165, 1.54) is 44.9 Å². The van der Waals surface area contributed by atoms with E-state index in [1.807, 2.05) is 0 Å². The first kappa shape index (κ1) is 11.3. The third-order valence-corrected chi connectivity index (χ3v) is 4.31. The quantitative estimate of drug-likeness (QED) is 0.835. The Morgan fingerprint density at radius 1 is 1.06 bits per heavy atom. The van der Waals surface area contributed by atoms with E-state index in [4.69, 9.17) is 0 Å². The molecule has 0 amide bonds. The van der Waals surface area contributed by atoms with Crippen LogP contribution in [0.1, 0.15) is 60.9 Å². The van der Waals surface area contributed by atoms with E-state index in [1.54, 1.807) is 22.3 Å². The Hall–Kier alpha value is -0.820. The van der Waals surface area contributed by atoms with Gasteiger partial charge in [0.1, 0.15) is 0 Å². The predicted octanol–water partition coefficient (Wildman–Crippen LogP) is 3.55. The van der Waals surface area contributed by atoms with Crippen LogP contribution in [0.4, 0.5) is 0 Å². The molecule has 1 heteroatoms. The molecular formula is C16H23N. The molecule has 1 unspecified atom stereocenters. The van der Waals surface area contributed by atoms with Crippen LogP contribution in [0, 0.1) is 0 Å². The Kier molecular flexibility index (Phi) is 3.19. The Bertz CT molecular complexity index is 408. The molecule has 1 atom stereocenters. The number of aryl methyl sites for hydroxylation is 3. The van der Waals surface area contributed by atoms with Gasteiger partial charge in [-0.3, -0.25) is 0 Å². The topological polar surface area (TPSA) is 12.0 Å². The van der Waals surface area contributed by atoms with Crippen LogP contribution in [0.15, 0.2) is 12.1 Å². The summed E-state index contributed by atoms with van der Waals surface area (Å²) in [5.74, 6) is 0. The third-order valence-electron chi connectivity index (χ3n) is 4.31. The Labute approximate surface area is 105 Å². The lowest BCUT2D eigenvalue weighted by atomic mass is 9.85. The number of rotatable bonds is 3. The first-order valence-corrected chi connectivity index (χ1v) is 7.26. The van der Waals surface area contributed by atoms with Gasteiger partial charge < -0.3 is 5.32 Å². The molecule has 1 aromatic rings. The van der Waals surface area contributed by atoms with Gasteiger partial charge in [0.25, 0.3) is 0 Å². The summed E-state index contributed by atoms with van der Waals surface area (Å²) < 4.78 is 0. The summed E-state index contributed by atoms with van der Waals surface area (Å²) in [4.78, 5) is 0. The zero-order chi connectivity index (χ0) is 11.7. The number of benzene rings is 1. The van der Waals surface area contributed by atoms with Crippen LogP contribution >= 0.6 is 0 Å². The minimum absolute atomic E-state index is 0.629. The second-order valence-electron chi connectivity index (χ2n) is 5.57. The van der Waals surface area contributed by atoms with Crippen LogP contribution in [0.5, 0.6) is 0 Å². The monoisotopic (exact) mass is 229 g/mol. The average molecular weight is 229 g/mol. The second-order valence-corrected chi connectivity index (χ2v) is 5.57. The molecule has 1 N–H and O–H groups in total. The van der Waals surface area contributed by atoms with E-state index in [0.29, 0.717) is 6.04 Å². The molecule has 0 heterocycles. The molecule has 3 rings (SSSR count). The molecule has 92 valence electrons. The lowest BCUT2D eigenvalue weighted by Gasteiger charge is -2.27. The molecule has 0 fully saturated rings. The molecule has 0 aliphatic heterocycles. The minimum Gasteiger partial charge on any atom is -0.310 e. The van der Waals surface area contributed by atoms with Gasteiger partial charge in [-0.2, -0.15) is 0 Å². The van der Waals surface area contributed by atoms with E-state index in [-0.39, 0.29) is 0 Å². The van der Waals surface area contributed by atoms with Crippen molar-refractivity contribution < 1.29 is 0 Å². The Balaban J connectivity index is 1.90. The highest BCUT2D eigenvalue weighted by Gasteiger charge is 2.22. The van der Waals surface area contributed by atoms with Crippen LogP contribution in [0.3, 0.4) is 0 Å². The summed E-state index contributed by atoms with van der Waals surface area (Å²) in [6, 6.07) is 5.66. The highest BCUT2D eigenvalue weighted by molar-refractivity contribution is 5.43. The smallest absolute Gasteiger partial charge is 0.0323 e. The molecular weight excluding hydrogens is 206 g/mol. The maximum Gasteiger partial charge on any atom is 0.0323 e. The summed E-state index contributed by atoms with van der Waals surface area (Å²) in [5.41, 5.74) is 6.52. The number of fused-ring (bicyclic) bond motifs is 2. The van der Waals surface area contributed by atoms with Crippen molar-refractivity contribution in [3.8, 4) is 0 Å². The van der Waals surface area contributed by atoms with Gasteiger partial charge in [0, 0.05) is 6.04 Å². The largest absolute Gasteiger partial charge is 0.310 e. The van der Waals surface area contributed by atoms with Crippen LogP contribution < -0.4 is 5.32 Å². The van der Waals surface area contributed by atoms with Crippen LogP contribution in [0.25, 0.3) is 0 Å². The lowest BCUT2D eigenvalue weighted by Crippen LogP contribution is -2.26. The number of hydrogen-bond donors (Lipinski definition) is 1. The van der Waals surface area contributed by atoms with Crippen molar-refractivity contribution in [2.75, 3.05) is 6.54 Å². The first-order chi connectivity index (χ1) is 8.38. The van der Waals surface area contributed by atoms with Crippen molar-refractivity contribution in [2.45, 2.75) is 57.9 Å². The summed E-state index contributed by atoms with van der Waals surface area (Å²) in [5, 5.41) is 3.72. The summed E-state index contributed by atoms with van der Waals surface area (Å²) >= 11 is 0. The maximum atomic E-state index is 3.72. The molecule has 0 saturated heterocycles. The molecule has 0 bridgehead atoms. The van der Waals surface area contributed by atoms with Crippen molar-refractivity contribution in [2.24, 2.45) is 0 Å². The van der Waals surface area contributed by atoms with Gasteiger partial charge in [-0.25, -0.2) is 0 Å². The van der Waals surface area contributed by atoms with Crippen molar-refractivity contribution in [1.29, 1.82) is 0 Å². The summed E-state index contributed by atoms with van der Waals surface area (Å²) in [6.07, 6.45) is 9.20. The van der Waals surface area contributed by atoms with Crippen molar-refractivity contribution in [3.05, 3.63) is 34.4 Å². The maximum absolute atomic E-state index is 3.72. The fraction of sp³-hybridized carbons (Fsp3) is 0.625. The van der Waals surface area contributed by atoms with E-state index >= 15 is 0 Å². The van der Waals surface area contributed by atoms with Crippen molar-refractivity contribution in [1.82, 2.24) is 5.32 Å². The third kappa shape index (κ3) is 2.13. The van der Waals surface area contributed by atoms with E-state index in [0.717, 1.165) is 6.54 Å². The fourth-order valence-electron chi connectivity index (χ4n) is 3.42. The highest BCUT2D eigenvalue weighted by Crippen LogP contribution is 2.34. The fourth-order valence-corrected chi connectivity index (χ4v) is 3.42. The SMILES string of the molecule is CCCNC1CCCc2cc3c(cc21)CCC3. The molecule has 0 aromatic heterocycles. The molecule has 2 aliphatic carbocycles. The normalized spacial score (nSPS) is 22.3. The zero-order valence-corrected chi connectivity index (χ0v) is 10.9. The number of nitrogens with one attached hydrogen (secondary N) is 1. The Morgan fingerprint density at radius 3 is 2.65 bits per heavy atom. The number of hydrogen-bond acceptors (Lipinski definition) is 1. The van der Waals surface area contributed by atoms with Crippen LogP contribution in [-0.2, 0) is 19.3 Å². The second kappa shape index (κ2) is 4.81. The van der Waals surface area contributed by atoms with Crippen molar-refractivity contribution >= 4 is 0 Å². The van der Waals surface area contributed by atoms with Gasteiger partial charge in [-0.1, -0.05) is 19.1 Å². The molecule has 0 radical (unpaired) electrons. The zero-order valence-electron chi connectivity index (χ0n) is 10.9. The van der Waals surface area contributed by atoms with Crippen LogP contribution in [-0.4, -0.2) is 6.54 Å². The average Bonchev–Trinajstić information content (AvgIpc) is 2.80. The Morgan fingerprint density at radius 2 is 1.82 bits per heavy atom. The first-order valence-electron chi connectivity index (χ1n) is 7.26. The highest BCUT2D eigenvalue weighted by atomic mass is 14.9. The standard InChI is InChI=1S/C16H23N/c1-2-9-17-16-8-4-7-14-10-12-5-3-6-13(12)11-15(14)16/h10-11,16-17H,2-9H2,1H3. The molecule has 1 nitrogen and oxygen atoms in total. The lowest BCUT2D eigenvalue weighted by molar-refractivity contribution is 0.460. The van der Waals surface area contributed by atoms with Gasteiger partial charge >= 0.3 is 0 Å². The van der Waals surface area contributed by atoms with E-state index in [2.05, 4.69) is 24.4 Å². The van der Waals surface area contributed by atoms with E-state index < -0.39 is 0 Å². The van der Waals surface area contributed by atoms with Gasteiger partial charge in [0.05, 0.1) is 0 Å². The molecule has 17 heavy (non-hydrogen) atoms. The summed E-state index contributed by atoms with van der Waals surface area (Å²) in [7, 11) is 0. The van der Waals surface area contributed by atoms with Gasteiger partial charge in [-0.05, 0) is 73.7 Å². The molecule has 0 saturated carbocycles. The molecule has 1 aromatic carbocycles. The van der Waals surface area contributed by atoms with Crippen molar-refractivity contribution in [3.63, 3.8) is 0 Å². The summed E-state index contributed by atoms with van der Waals surface area (Å²) in [6.45, 7) is 3.40. The van der Waals surface area contributed by atoms with Gasteiger partial charge in [-0.15, -0.1) is 0 Å². The van der Waals surface area contributed by atoms with Crippen LogP contribution in [0.2, 0.25) is 0 Å².